The number of ether oxygens (including phenoxy) is 2. The fraction of sp³-hybridized carbons (Fsp3) is 0. The second kappa shape index (κ2) is 12.4. The van der Waals surface area contributed by atoms with E-state index < -0.39 is 0 Å². The number of nitrogens with two attached hydrogens (primary N) is 2. The average molecular weight is 577 g/mol. The van der Waals surface area contributed by atoms with Gasteiger partial charge < -0.3 is 20.9 Å². The number of ketones is 2. The molecule has 0 aliphatic heterocycles. The zero-order valence-corrected chi connectivity index (χ0v) is 23.6. The number of hydrogen-bond acceptors (Lipinski definition) is 6. The van der Waals surface area contributed by atoms with Crippen molar-refractivity contribution in [3.05, 3.63) is 168 Å². The molecule has 0 spiro atoms. The molecule has 0 atom stereocenters. The van der Waals surface area contributed by atoms with Crippen LogP contribution in [0.2, 0.25) is 0 Å². The van der Waals surface area contributed by atoms with Gasteiger partial charge in [-0.15, -0.1) is 0 Å². The quantitative estimate of drug-likeness (QED) is 0.132. The predicted molar refractivity (Wildman–Crippen MR) is 173 cm³/mol. The SMILES string of the molecule is Nc1ccc(Oc2ccc(C(=O)c3ccc(-c4ccc(C(=O)c5ccc(Oc6ccc(N)cc6)cc5)cc4)cc3)cc2)cc1. The monoisotopic (exact) mass is 576 g/mol. The van der Waals surface area contributed by atoms with Gasteiger partial charge in [0.2, 0.25) is 0 Å². The molecular formula is C38H28N2O4. The summed E-state index contributed by atoms with van der Waals surface area (Å²) >= 11 is 0. The molecular weight excluding hydrogens is 548 g/mol. The van der Waals surface area contributed by atoms with Gasteiger partial charge in [-0.25, -0.2) is 0 Å². The lowest BCUT2D eigenvalue weighted by molar-refractivity contribution is 0.103. The first-order chi connectivity index (χ1) is 21.4. The Morgan fingerprint density at radius 2 is 0.568 bits per heavy atom. The number of nitrogen functional groups attached to an aromatic ring is 2. The van der Waals surface area contributed by atoms with Gasteiger partial charge in [-0.05, 0) is 108 Å². The summed E-state index contributed by atoms with van der Waals surface area (Å²) in [5, 5.41) is 0. The molecule has 0 aliphatic carbocycles. The van der Waals surface area contributed by atoms with Crippen LogP contribution in [0.15, 0.2) is 146 Å². The lowest BCUT2D eigenvalue weighted by Gasteiger charge is -2.08. The van der Waals surface area contributed by atoms with Crippen molar-refractivity contribution in [3.8, 4) is 34.1 Å². The molecule has 6 aromatic carbocycles. The standard InChI is InChI=1S/C38H28N2O4/c39-31-13-21-35(22-14-31)43-33-17-9-29(10-18-33)37(41)27-5-1-25(2-6-27)26-3-7-28(8-4-26)38(42)30-11-19-34(20-12-30)44-36-23-15-32(40)16-24-36/h1-24H,39-40H2. The minimum absolute atomic E-state index is 0.0820. The van der Waals surface area contributed by atoms with Crippen molar-refractivity contribution in [1.82, 2.24) is 0 Å². The predicted octanol–water partition coefficient (Wildman–Crippen LogP) is 8.56. The van der Waals surface area contributed by atoms with E-state index in [0.29, 0.717) is 56.6 Å². The van der Waals surface area contributed by atoms with E-state index in [1.54, 1.807) is 97.1 Å². The third-order valence-corrected chi connectivity index (χ3v) is 7.09. The number of benzene rings is 6. The highest BCUT2D eigenvalue weighted by Crippen LogP contribution is 2.26. The third kappa shape index (κ3) is 6.50. The molecule has 0 amide bonds. The summed E-state index contributed by atoms with van der Waals surface area (Å²) in [5.74, 6) is 2.43. The van der Waals surface area contributed by atoms with E-state index in [-0.39, 0.29) is 11.6 Å². The summed E-state index contributed by atoms with van der Waals surface area (Å²) in [4.78, 5) is 26.2. The van der Waals surface area contributed by atoms with Crippen LogP contribution < -0.4 is 20.9 Å². The van der Waals surface area contributed by atoms with Crippen LogP contribution in [0.25, 0.3) is 11.1 Å². The van der Waals surface area contributed by atoms with Crippen LogP contribution >= 0.6 is 0 Å². The lowest BCUT2D eigenvalue weighted by Crippen LogP contribution is -2.01. The molecule has 6 aromatic rings. The number of hydrogen-bond donors (Lipinski definition) is 2. The van der Waals surface area contributed by atoms with Crippen LogP contribution in [0.4, 0.5) is 11.4 Å². The Morgan fingerprint density at radius 3 is 0.841 bits per heavy atom. The first-order valence-corrected chi connectivity index (χ1v) is 14.0. The van der Waals surface area contributed by atoms with E-state index in [4.69, 9.17) is 20.9 Å². The van der Waals surface area contributed by atoms with Crippen molar-refractivity contribution >= 4 is 22.9 Å². The van der Waals surface area contributed by atoms with Crippen LogP contribution in [0.3, 0.4) is 0 Å². The molecule has 0 fully saturated rings. The first kappa shape index (κ1) is 28.0. The van der Waals surface area contributed by atoms with E-state index >= 15 is 0 Å². The normalized spacial score (nSPS) is 10.6. The average Bonchev–Trinajstić information content (AvgIpc) is 3.07. The van der Waals surface area contributed by atoms with E-state index in [1.165, 1.54) is 0 Å². The maximum Gasteiger partial charge on any atom is 0.193 e. The van der Waals surface area contributed by atoms with Crippen molar-refractivity contribution in [2.24, 2.45) is 0 Å². The summed E-state index contributed by atoms with van der Waals surface area (Å²) in [7, 11) is 0. The summed E-state index contributed by atoms with van der Waals surface area (Å²) < 4.78 is 11.6. The fourth-order valence-electron chi connectivity index (χ4n) is 4.65. The molecule has 0 aromatic heterocycles. The summed E-state index contributed by atoms with van der Waals surface area (Å²) in [6, 6.07) is 43.2. The lowest BCUT2D eigenvalue weighted by atomic mass is 9.97. The van der Waals surface area contributed by atoms with Gasteiger partial charge in [0.15, 0.2) is 11.6 Å². The Balaban J connectivity index is 1.08. The Kier molecular flexibility index (Phi) is 7.88. The highest BCUT2D eigenvalue weighted by Gasteiger charge is 2.12. The smallest absolute Gasteiger partial charge is 0.193 e. The van der Waals surface area contributed by atoms with Gasteiger partial charge >= 0.3 is 0 Å². The molecule has 0 aliphatic rings. The zero-order valence-electron chi connectivity index (χ0n) is 23.6. The van der Waals surface area contributed by atoms with Gasteiger partial charge in [0.25, 0.3) is 0 Å². The largest absolute Gasteiger partial charge is 0.457 e. The number of rotatable bonds is 9. The molecule has 0 saturated heterocycles. The van der Waals surface area contributed by atoms with Gasteiger partial charge in [0.1, 0.15) is 23.0 Å². The maximum absolute atomic E-state index is 13.1. The van der Waals surface area contributed by atoms with Crippen LogP contribution in [0, 0.1) is 0 Å². The fourth-order valence-corrected chi connectivity index (χ4v) is 4.65. The van der Waals surface area contributed by atoms with Gasteiger partial charge in [0.05, 0.1) is 0 Å². The molecule has 6 rings (SSSR count). The van der Waals surface area contributed by atoms with Crippen LogP contribution in [0.5, 0.6) is 23.0 Å². The summed E-state index contributed by atoms with van der Waals surface area (Å²) in [6.07, 6.45) is 0. The molecule has 44 heavy (non-hydrogen) atoms. The maximum atomic E-state index is 13.1. The molecule has 6 heteroatoms. The van der Waals surface area contributed by atoms with Gasteiger partial charge in [0, 0.05) is 33.6 Å². The van der Waals surface area contributed by atoms with E-state index in [2.05, 4.69) is 0 Å². The van der Waals surface area contributed by atoms with Crippen LogP contribution in [-0.2, 0) is 0 Å². The van der Waals surface area contributed by atoms with Crippen LogP contribution in [0.1, 0.15) is 31.8 Å². The van der Waals surface area contributed by atoms with E-state index in [1.807, 2.05) is 48.5 Å². The van der Waals surface area contributed by atoms with Crippen LogP contribution in [-0.4, -0.2) is 11.6 Å². The summed E-state index contributed by atoms with van der Waals surface area (Å²) in [5.41, 5.74) is 16.9. The molecule has 214 valence electrons. The molecule has 4 N–H and O–H groups in total. The molecule has 6 nitrogen and oxygen atoms in total. The molecule has 0 saturated carbocycles. The molecule has 0 radical (unpaired) electrons. The van der Waals surface area contributed by atoms with Gasteiger partial charge in [-0.2, -0.15) is 0 Å². The van der Waals surface area contributed by atoms with E-state index in [9.17, 15) is 9.59 Å². The Bertz CT molecular complexity index is 1750. The van der Waals surface area contributed by atoms with Crippen molar-refractivity contribution < 1.29 is 19.1 Å². The minimum Gasteiger partial charge on any atom is -0.457 e. The van der Waals surface area contributed by atoms with Crippen molar-refractivity contribution in [1.29, 1.82) is 0 Å². The number of carbonyl (C=O) groups excluding carboxylic acids is 2. The molecule has 0 heterocycles. The zero-order chi connectivity index (χ0) is 30.5. The van der Waals surface area contributed by atoms with Gasteiger partial charge in [-0.1, -0.05) is 48.5 Å². The summed E-state index contributed by atoms with van der Waals surface area (Å²) in [6.45, 7) is 0. The van der Waals surface area contributed by atoms with Gasteiger partial charge in [-0.3, -0.25) is 9.59 Å². The molecule has 0 bridgehead atoms. The minimum atomic E-state index is -0.0820. The third-order valence-electron chi connectivity index (χ3n) is 7.09. The van der Waals surface area contributed by atoms with Crippen molar-refractivity contribution in [2.75, 3.05) is 11.5 Å². The second-order valence-corrected chi connectivity index (χ2v) is 10.2. The topological polar surface area (TPSA) is 105 Å². The number of anilines is 2. The Labute approximate surface area is 255 Å². The highest BCUT2D eigenvalue weighted by molar-refractivity contribution is 6.10. The Morgan fingerprint density at radius 1 is 0.341 bits per heavy atom. The highest BCUT2D eigenvalue weighted by atomic mass is 16.5. The second-order valence-electron chi connectivity index (χ2n) is 10.2. The van der Waals surface area contributed by atoms with E-state index in [0.717, 1.165) is 11.1 Å². The van der Waals surface area contributed by atoms with Crippen molar-refractivity contribution in [3.63, 3.8) is 0 Å². The molecule has 0 unspecified atom stereocenters. The van der Waals surface area contributed by atoms with Crippen molar-refractivity contribution in [2.45, 2.75) is 0 Å². The first-order valence-electron chi connectivity index (χ1n) is 14.0. The Hall–Kier alpha value is -6.14. The number of carbonyl (C=O) groups is 2.